The highest BCUT2D eigenvalue weighted by molar-refractivity contribution is 7.09. The van der Waals surface area contributed by atoms with Gasteiger partial charge in [-0.05, 0) is 24.5 Å². The summed E-state index contributed by atoms with van der Waals surface area (Å²) in [5.41, 5.74) is 2.81. The van der Waals surface area contributed by atoms with Crippen LogP contribution in [0.3, 0.4) is 0 Å². The largest absolute Gasteiger partial charge is 0.392 e. The molecule has 0 fully saturated rings. The number of thiazole rings is 1. The molecular weight excluding hydrogens is 298 g/mol. The molecule has 5 nitrogen and oxygen atoms in total. The van der Waals surface area contributed by atoms with E-state index in [1.165, 1.54) is 0 Å². The van der Waals surface area contributed by atoms with Crippen molar-refractivity contribution in [2.24, 2.45) is 0 Å². The highest BCUT2D eigenvalue weighted by Gasteiger charge is 2.04. The second-order valence-corrected chi connectivity index (χ2v) is 5.97. The maximum atomic E-state index is 11.7. The van der Waals surface area contributed by atoms with E-state index in [2.05, 4.69) is 15.6 Å². The third-order valence-corrected chi connectivity index (χ3v) is 4.27. The van der Waals surface area contributed by atoms with E-state index in [9.17, 15) is 9.90 Å². The summed E-state index contributed by atoms with van der Waals surface area (Å²) in [5, 5.41) is 18.0. The molecule has 2 rings (SSSR count). The Labute approximate surface area is 134 Å². The number of aromatic nitrogens is 1. The third kappa shape index (κ3) is 5.13. The van der Waals surface area contributed by atoms with Crippen LogP contribution < -0.4 is 10.6 Å². The normalized spacial score (nSPS) is 10.5. The molecule has 0 aliphatic carbocycles. The number of carbonyl (C=O) groups excluding carboxylic acids is 1. The Hall–Kier alpha value is -1.92. The van der Waals surface area contributed by atoms with Crippen molar-refractivity contribution >= 4 is 17.4 Å². The predicted molar refractivity (Wildman–Crippen MR) is 87.8 cm³/mol. The van der Waals surface area contributed by atoms with Gasteiger partial charge in [0.2, 0.25) is 0 Å². The SMILES string of the molecule is Cc1csc(CCCNC(=O)NCc2ccccc2CO)n1. The molecular formula is C16H21N3O2S. The lowest BCUT2D eigenvalue weighted by Crippen LogP contribution is -2.35. The lowest BCUT2D eigenvalue weighted by atomic mass is 10.1. The summed E-state index contributed by atoms with van der Waals surface area (Å²) in [4.78, 5) is 16.1. The highest BCUT2D eigenvalue weighted by Crippen LogP contribution is 2.10. The number of hydrogen-bond acceptors (Lipinski definition) is 4. The molecule has 0 spiro atoms. The third-order valence-electron chi connectivity index (χ3n) is 3.25. The average Bonchev–Trinajstić information content (AvgIpc) is 2.95. The number of aryl methyl sites for hydroxylation is 2. The zero-order valence-corrected chi connectivity index (χ0v) is 13.4. The first kappa shape index (κ1) is 16.5. The first-order valence-corrected chi connectivity index (χ1v) is 8.17. The van der Waals surface area contributed by atoms with Crippen molar-refractivity contribution in [3.63, 3.8) is 0 Å². The number of urea groups is 1. The van der Waals surface area contributed by atoms with Crippen molar-refractivity contribution < 1.29 is 9.90 Å². The predicted octanol–water partition coefficient (Wildman–Crippen LogP) is 2.38. The minimum Gasteiger partial charge on any atom is -0.392 e. The molecule has 118 valence electrons. The number of hydrogen-bond donors (Lipinski definition) is 3. The van der Waals surface area contributed by atoms with Gasteiger partial charge in [0.15, 0.2) is 0 Å². The van der Waals surface area contributed by atoms with Gasteiger partial charge in [0.1, 0.15) is 0 Å². The molecule has 0 saturated carbocycles. The number of aliphatic hydroxyl groups excluding tert-OH is 1. The van der Waals surface area contributed by atoms with Gasteiger partial charge in [-0.1, -0.05) is 24.3 Å². The molecule has 1 heterocycles. The van der Waals surface area contributed by atoms with Crippen LogP contribution in [0.15, 0.2) is 29.6 Å². The van der Waals surface area contributed by atoms with Crippen LogP contribution in [-0.4, -0.2) is 22.7 Å². The Balaban J connectivity index is 1.65. The van der Waals surface area contributed by atoms with Gasteiger partial charge in [-0.25, -0.2) is 9.78 Å². The van der Waals surface area contributed by atoms with Crippen molar-refractivity contribution in [2.45, 2.75) is 32.9 Å². The van der Waals surface area contributed by atoms with Crippen molar-refractivity contribution in [1.29, 1.82) is 0 Å². The summed E-state index contributed by atoms with van der Waals surface area (Å²) in [6, 6.07) is 7.32. The van der Waals surface area contributed by atoms with Gasteiger partial charge in [0.05, 0.1) is 11.6 Å². The zero-order valence-electron chi connectivity index (χ0n) is 12.6. The number of amides is 2. The monoisotopic (exact) mass is 319 g/mol. The lowest BCUT2D eigenvalue weighted by molar-refractivity contribution is 0.240. The van der Waals surface area contributed by atoms with Gasteiger partial charge in [0, 0.05) is 30.6 Å². The zero-order chi connectivity index (χ0) is 15.8. The van der Waals surface area contributed by atoms with E-state index in [1.54, 1.807) is 11.3 Å². The summed E-state index contributed by atoms with van der Waals surface area (Å²) >= 11 is 1.66. The molecule has 0 saturated heterocycles. The topological polar surface area (TPSA) is 74.2 Å². The summed E-state index contributed by atoms with van der Waals surface area (Å²) in [6.07, 6.45) is 1.75. The van der Waals surface area contributed by atoms with Crippen LogP contribution in [0.4, 0.5) is 4.79 Å². The average molecular weight is 319 g/mol. The van der Waals surface area contributed by atoms with Crippen molar-refractivity contribution in [3.05, 3.63) is 51.5 Å². The van der Waals surface area contributed by atoms with Gasteiger partial charge in [-0.2, -0.15) is 0 Å². The second kappa shape index (κ2) is 8.51. The second-order valence-electron chi connectivity index (χ2n) is 5.02. The van der Waals surface area contributed by atoms with Crippen LogP contribution in [0.5, 0.6) is 0 Å². The Morgan fingerprint density at radius 3 is 2.73 bits per heavy atom. The maximum Gasteiger partial charge on any atom is 0.315 e. The Kier molecular flexibility index (Phi) is 6.36. The molecule has 6 heteroatoms. The number of benzene rings is 1. The van der Waals surface area contributed by atoms with Gasteiger partial charge in [0.25, 0.3) is 0 Å². The molecule has 0 aliphatic heterocycles. The molecule has 2 amide bonds. The molecule has 1 aromatic heterocycles. The molecule has 0 unspecified atom stereocenters. The van der Waals surface area contributed by atoms with E-state index >= 15 is 0 Å². The summed E-state index contributed by atoms with van der Waals surface area (Å²) in [5.74, 6) is 0. The Bertz CT molecular complexity index is 613. The molecule has 22 heavy (non-hydrogen) atoms. The summed E-state index contributed by atoms with van der Waals surface area (Å²) < 4.78 is 0. The first-order valence-electron chi connectivity index (χ1n) is 7.29. The van der Waals surface area contributed by atoms with E-state index < -0.39 is 0 Å². The number of aliphatic hydroxyl groups is 1. The summed E-state index contributed by atoms with van der Waals surface area (Å²) in [6.45, 7) is 2.99. The van der Waals surface area contributed by atoms with Crippen LogP contribution in [0.25, 0.3) is 0 Å². The van der Waals surface area contributed by atoms with E-state index in [1.807, 2.05) is 36.6 Å². The fourth-order valence-electron chi connectivity index (χ4n) is 2.08. The molecule has 0 aliphatic rings. The number of carbonyl (C=O) groups is 1. The van der Waals surface area contributed by atoms with Crippen LogP contribution >= 0.6 is 11.3 Å². The Morgan fingerprint density at radius 2 is 2.05 bits per heavy atom. The van der Waals surface area contributed by atoms with Crippen molar-refractivity contribution in [1.82, 2.24) is 15.6 Å². The van der Waals surface area contributed by atoms with Crippen molar-refractivity contribution in [3.8, 4) is 0 Å². The smallest absolute Gasteiger partial charge is 0.315 e. The van der Waals surface area contributed by atoms with E-state index in [0.29, 0.717) is 13.1 Å². The maximum absolute atomic E-state index is 11.7. The van der Waals surface area contributed by atoms with Crippen LogP contribution in [-0.2, 0) is 19.6 Å². The first-order chi connectivity index (χ1) is 10.7. The molecule has 2 aromatic rings. The van der Waals surface area contributed by atoms with Crippen LogP contribution in [0.2, 0.25) is 0 Å². The fourth-order valence-corrected chi connectivity index (χ4v) is 2.90. The number of nitrogens with one attached hydrogen (secondary N) is 2. The van der Waals surface area contributed by atoms with Gasteiger partial charge in [-0.3, -0.25) is 0 Å². The number of rotatable bonds is 7. The Morgan fingerprint density at radius 1 is 1.27 bits per heavy atom. The minimum atomic E-state index is -0.192. The van der Waals surface area contributed by atoms with Crippen LogP contribution in [0.1, 0.15) is 28.2 Å². The van der Waals surface area contributed by atoms with E-state index in [4.69, 9.17) is 0 Å². The minimum absolute atomic E-state index is 0.0211. The quantitative estimate of drug-likeness (QED) is 0.686. The van der Waals surface area contributed by atoms with E-state index in [-0.39, 0.29) is 12.6 Å². The molecule has 0 radical (unpaired) electrons. The van der Waals surface area contributed by atoms with Crippen molar-refractivity contribution in [2.75, 3.05) is 6.54 Å². The van der Waals surface area contributed by atoms with Gasteiger partial charge >= 0.3 is 6.03 Å². The van der Waals surface area contributed by atoms with Gasteiger partial charge < -0.3 is 15.7 Å². The summed E-state index contributed by atoms with van der Waals surface area (Å²) in [7, 11) is 0. The lowest BCUT2D eigenvalue weighted by Gasteiger charge is -2.10. The molecule has 1 aromatic carbocycles. The number of nitrogens with zero attached hydrogens (tertiary/aromatic N) is 1. The van der Waals surface area contributed by atoms with Gasteiger partial charge in [-0.15, -0.1) is 11.3 Å². The van der Waals surface area contributed by atoms with Crippen LogP contribution in [0, 0.1) is 6.92 Å². The molecule has 3 N–H and O–H groups in total. The fraction of sp³-hybridized carbons (Fsp3) is 0.375. The standard InChI is InChI=1S/C16H21N3O2S/c1-12-11-22-15(19-12)7-4-8-17-16(21)18-9-13-5-2-3-6-14(13)10-20/h2-3,5-6,11,20H,4,7-10H2,1H3,(H2,17,18,21). The molecule has 0 atom stereocenters. The van der Waals surface area contributed by atoms with E-state index in [0.717, 1.165) is 34.7 Å². The highest BCUT2D eigenvalue weighted by atomic mass is 32.1. The molecule has 0 bridgehead atoms.